The van der Waals surface area contributed by atoms with Crippen molar-refractivity contribution < 1.29 is 19.1 Å². The van der Waals surface area contributed by atoms with Crippen LogP contribution in [-0.2, 0) is 14.3 Å². The molecule has 0 saturated carbocycles. The Labute approximate surface area is 103 Å². The second-order valence-electron chi connectivity index (χ2n) is 4.97. The van der Waals surface area contributed by atoms with E-state index in [1.807, 2.05) is 6.92 Å². The van der Waals surface area contributed by atoms with Crippen molar-refractivity contribution >= 4 is 12.1 Å². The summed E-state index contributed by atoms with van der Waals surface area (Å²) in [5.74, 6) is -0.677. The monoisotopic (exact) mass is 245 g/mol. The summed E-state index contributed by atoms with van der Waals surface area (Å²) in [6, 6.07) is -0.317. The molecule has 100 valence electrons. The Morgan fingerprint density at radius 2 is 1.82 bits per heavy atom. The first-order chi connectivity index (χ1) is 7.71. The highest BCUT2D eigenvalue weighted by molar-refractivity contribution is 5.75. The van der Waals surface area contributed by atoms with Gasteiger partial charge in [0.15, 0.2) is 0 Å². The zero-order valence-electron chi connectivity index (χ0n) is 11.5. The zero-order chi connectivity index (χ0) is 13.6. The summed E-state index contributed by atoms with van der Waals surface area (Å²) in [4.78, 5) is 23.0. The molecule has 2 atom stereocenters. The molecule has 0 saturated heterocycles. The molecule has 5 nitrogen and oxygen atoms in total. The number of hydrogen-bond donors (Lipinski definition) is 1. The van der Waals surface area contributed by atoms with Gasteiger partial charge in [-0.3, -0.25) is 4.79 Å². The van der Waals surface area contributed by atoms with Crippen LogP contribution < -0.4 is 5.32 Å². The lowest BCUT2D eigenvalue weighted by Crippen LogP contribution is -2.43. The predicted octanol–water partition coefficient (Wildman–Crippen LogP) is 2.10. The van der Waals surface area contributed by atoms with Crippen LogP contribution >= 0.6 is 0 Å². The Hall–Kier alpha value is -1.26. The van der Waals surface area contributed by atoms with Gasteiger partial charge in [0, 0.05) is 6.04 Å². The van der Waals surface area contributed by atoms with E-state index in [0.717, 1.165) is 0 Å². The molecule has 0 unspecified atom stereocenters. The fourth-order valence-corrected chi connectivity index (χ4v) is 1.47. The molecule has 0 aromatic rings. The van der Waals surface area contributed by atoms with Crippen LogP contribution in [0.15, 0.2) is 0 Å². The first-order valence-electron chi connectivity index (χ1n) is 5.78. The van der Waals surface area contributed by atoms with E-state index in [1.54, 1.807) is 27.7 Å². The third-order valence-electron chi connectivity index (χ3n) is 2.29. The van der Waals surface area contributed by atoms with Crippen LogP contribution in [0.2, 0.25) is 0 Å². The largest absolute Gasteiger partial charge is 0.469 e. The van der Waals surface area contributed by atoms with Gasteiger partial charge in [0.25, 0.3) is 0 Å². The third kappa shape index (κ3) is 6.14. The maximum Gasteiger partial charge on any atom is 0.407 e. The van der Waals surface area contributed by atoms with Crippen LogP contribution in [0.1, 0.15) is 41.0 Å². The summed E-state index contributed by atoms with van der Waals surface area (Å²) in [6.45, 7) is 8.99. The lowest BCUT2D eigenvalue weighted by molar-refractivity contribution is -0.146. The van der Waals surface area contributed by atoms with Crippen LogP contribution in [0, 0.1) is 5.92 Å². The third-order valence-corrected chi connectivity index (χ3v) is 2.29. The highest BCUT2D eigenvalue weighted by Gasteiger charge is 2.27. The molecule has 17 heavy (non-hydrogen) atoms. The normalized spacial score (nSPS) is 14.7. The fraction of sp³-hybridized carbons (Fsp3) is 0.833. The molecular formula is C12H23NO4. The lowest BCUT2D eigenvalue weighted by atomic mass is 9.99. The molecule has 0 radical (unpaired) electrons. The second kappa shape index (κ2) is 6.47. The smallest absolute Gasteiger partial charge is 0.407 e. The van der Waals surface area contributed by atoms with Crippen molar-refractivity contribution in [2.45, 2.75) is 52.7 Å². The minimum absolute atomic E-state index is 0.317. The lowest BCUT2D eigenvalue weighted by Gasteiger charge is -2.24. The number of rotatable bonds is 4. The molecule has 0 aliphatic rings. The van der Waals surface area contributed by atoms with Gasteiger partial charge >= 0.3 is 12.1 Å². The Morgan fingerprint density at radius 1 is 1.29 bits per heavy atom. The summed E-state index contributed by atoms with van der Waals surface area (Å²) in [5.41, 5.74) is -0.545. The maximum absolute atomic E-state index is 11.5. The van der Waals surface area contributed by atoms with Crippen LogP contribution in [0.5, 0.6) is 0 Å². The number of hydrogen-bond acceptors (Lipinski definition) is 4. The molecule has 0 aliphatic heterocycles. The molecule has 0 spiro atoms. The molecule has 0 aliphatic carbocycles. The van der Waals surface area contributed by atoms with Gasteiger partial charge in [-0.15, -0.1) is 0 Å². The molecule has 0 fully saturated rings. The Kier molecular flexibility index (Phi) is 5.99. The number of nitrogens with one attached hydrogen (secondary N) is 1. The molecule has 0 bridgehead atoms. The molecule has 1 amide bonds. The van der Waals surface area contributed by atoms with Crippen molar-refractivity contribution in [3.05, 3.63) is 0 Å². The van der Waals surface area contributed by atoms with Crippen LogP contribution in [0.25, 0.3) is 0 Å². The molecule has 1 N–H and O–H groups in total. The quantitative estimate of drug-likeness (QED) is 0.770. The van der Waals surface area contributed by atoms with E-state index < -0.39 is 11.7 Å². The topological polar surface area (TPSA) is 64.6 Å². The van der Waals surface area contributed by atoms with Gasteiger partial charge in [0.2, 0.25) is 0 Å². The van der Waals surface area contributed by atoms with Crippen molar-refractivity contribution in [2.24, 2.45) is 5.92 Å². The standard InChI is InChI=1S/C12H23NO4/c1-7-9(10(14)16-6)8(2)13-11(15)17-12(3,4)5/h8-9H,7H2,1-6H3,(H,13,15)/t8-,9-/m0/s1. The van der Waals surface area contributed by atoms with E-state index in [9.17, 15) is 9.59 Å². The summed E-state index contributed by atoms with van der Waals surface area (Å²) in [7, 11) is 1.34. The molecule has 0 rings (SSSR count). The van der Waals surface area contributed by atoms with E-state index in [1.165, 1.54) is 7.11 Å². The first kappa shape index (κ1) is 15.7. The van der Waals surface area contributed by atoms with E-state index in [4.69, 9.17) is 4.74 Å². The van der Waals surface area contributed by atoms with Gasteiger partial charge in [-0.2, -0.15) is 0 Å². The van der Waals surface area contributed by atoms with E-state index >= 15 is 0 Å². The van der Waals surface area contributed by atoms with E-state index in [-0.39, 0.29) is 17.9 Å². The van der Waals surface area contributed by atoms with Crippen LogP contribution in [0.3, 0.4) is 0 Å². The number of alkyl carbamates (subject to hydrolysis) is 1. The molecular weight excluding hydrogens is 222 g/mol. The Morgan fingerprint density at radius 3 is 2.18 bits per heavy atom. The maximum atomic E-state index is 11.5. The second-order valence-corrected chi connectivity index (χ2v) is 4.97. The van der Waals surface area contributed by atoms with Crippen molar-refractivity contribution in [3.8, 4) is 0 Å². The van der Waals surface area contributed by atoms with Gasteiger partial charge in [0.05, 0.1) is 13.0 Å². The molecule has 0 heterocycles. The molecule has 0 aromatic heterocycles. The van der Waals surface area contributed by atoms with Crippen molar-refractivity contribution in [3.63, 3.8) is 0 Å². The highest BCUT2D eigenvalue weighted by atomic mass is 16.6. The van der Waals surface area contributed by atoms with Gasteiger partial charge in [0.1, 0.15) is 5.60 Å². The Balaban J connectivity index is 4.36. The van der Waals surface area contributed by atoms with Gasteiger partial charge < -0.3 is 14.8 Å². The number of methoxy groups -OCH3 is 1. The summed E-state index contributed by atoms with van der Waals surface area (Å²) >= 11 is 0. The van der Waals surface area contributed by atoms with Crippen molar-refractivity contribution in [1.82, 2.24) is 5.32 Å². The minimum Gasteiger partial charge on any atom is -0.469 e. The number of amides is 1. The van der Waals surface area contributed by atoms with E-state index in [0.29, 0.717) is 6.42 Å². The average Bonchev–Trinajstić information content (AvgIpc) is 2.15. The number of carbonyl (C=O) groups is 2. The molecule has 5 heteroatoms. The van der Waals surface area contributed by atoms with Gasteiger partial charge in [-0.1, -0.05) is 6.92 Å². The first-order valence-corrected chi connectivity index (χ1v) is 5.78. The number of esters is 1. The van der Waals surface area contributed by atoms with Crippen molar-refractivity contribution in [1.29, 1.82) is 0 Å². The highest BCUT2D eigenvalue weighted by Crippen LogP contribution is 2.12. The minimum atomic E-state index is -0.545. The van der Waals surface area contributed by atoms with Crippen LogP contribution in [0.4, 0.5) is 4.79 Å². The predicted molar refractivity (Wildman–Crippen MR) is 64.6 cm³/mol. The van der Waals surface area contributed by atoms with Crippen molar-refractivity contribution in [2.75, 3.05) is 7.11 Å². The van der Waals surface area contributed by atoms with Gasteiger partial charge in [-0.05, 0) is 34.1 Å². The zero-order valence-corrected chi connectivity index (χ0v) is 11.5. The SMILES string of the molecule is CC[C@H](C(=O)OC)[C@H](C)NC(=O)OC(C)(C)C. The molecule has 0 aromatic carbocycles. The summed E-state index contributed by atoms with van der Waals surface area (Å²) < 4.78 is 9.79. The summed E-state index contributed by atoms with van der Waals surface area (Å²) in [5, 5.41) is 2.64. The number of ether oxygens (including phenoxy) is 2. The number of carbonyl (C=O) groups excluding carboxylic acids is 2. The van der Waals surface area contributed by atoms with E-state index in [2.05, 4.69) is 10.1 Å². The average molecular weight is 245 g/mol. The van der Waals surface area contributed by atoms with Crippen LogP contribution in [-0.4, -0.2) is 30.8 Å². The fourth-order valence-electron chi connectivity index (χ4n) is 1.47. The van der Waals surface area contributed by atoms with Gasteiger partial charge in [-0.25, -0.2) is 4.79 Å². The Bertz CT molecular complexity index is 270. The summed E-state index contributed by atoms with van der Waals surface area (Å²) in [6.07, 6.45) is 0.0799.